The van der Waals surface area contributed by atoms with Crippen molar-refractivity contribution in [2.24, 2.45) is 5.92 Å². The van der Waals surface area contributed by atoms with Crippen molar-refractivity contribution in [2.75, 3.05) is 19.6 Å². The summed E-state index contributed by atoms with van der Waals surface area (Å²) in [5, 5.41) is 8.06. The number of aromatic nitrogens is 3. The smallest absolute Gasteiger partial charge is 0.276 e. The zero-order chi connectivity index (χ0) is 19.5. The summed E-state index contributed by atoms with van der Waals surface area (Å²) in [5.41, 5.74) is 0.329. The van der Waals surface area contributed by atoms with Gasteiger partial charge >= 0.3 is 0 Å². The van der Waals surface area contributed by atoms with Crippen molar-refractivity contribution >= 4 is 11.8 Å². The van der Waals surface area contributed by atoms with E-state index >= 15 is 0 Å². The van der Waals surface area contributed by atoms with Crippen molar-refractivity contribution in [3.63, 3.8) is 0 Å². The predicted octanol–water partition coefficient (Wildman–Crippen LogP) is 2.42. The van der Waals surface area contributed by atoms with Crippen LogP contribution in [0.1, 0.15) is 68.3 Å². The Morgan fingerprint density at radius 3 is 2.64 bits per heavy atom. The van der Waals surface area contributed by atoms with Crippen molar-refractivity contribution in [1.82, 2.24) is 24.8 Å². The summed E-state index contributed by atoms with van der Waals surface area (Å²) in [4.78, 5) is 28.6. The fourth-order valence-electron chi connectivity index (χ4n) is 4.89. The van der Waals surface area contributed by atoms with Crippen LogP contribution in [-0.2, 0) is 11.3 Å². The highest BCUT2D eigenvalue weighted by Crippen LogP contribution is 2.30. The first kappa shape index (κ1) is 19.3. The maximum absolute atomic E-state index is 14.1. The largest absolute Gasteiger partial charge is 0.337 e. The summed E-state index contributed by atoms with van der Waals surface area (Å²) in [6, 6.07) is -0.220. The number of rotatable bonds is 6. The summed E-state index contributed by atoms with van der Waals surface area (Å²) in [5.74, 6) is 0.606. The lowest BCUT2D eigenvalue weighted by atomic mass is 10.0. The van der Waals surface area contributed by atoms with Gasteiger partial charge in [0.05, 0.1) is 25.3 Å². The number of carbonyl (C=O) groups is 2. The second-order valence-corrected chi connectivity index (χ2v) is 8.55. The van der Waals surface area contributed by atoms with E-state index in [0.29, 0.717) is 31.0 Å². The van der Waals surface area contributed by atoms with E-state index in [4.69, 9.17) is 0 Å². The van der Waals surface area contributed by atoms with Crippen LogP contribution >= 0.6 is 0 Å². The van der Waals surface area contributed by atoms with E-state index in [9.17, 15) is 14.0 Å². The molecule has 0 bridgehead atoms. The minimum Gasteiger partial charge on any atom is -0.337 e. The molecule has 2 aliphatic heterocycles. The molecule has 1 saturated carbocycles. The maximum atomic E-state index is 14.1. The lowest BCUT2D eigenvalue weighted by molar-refractivity contribution is -0.132. The SMILES string of the molecule is O=C(c1cn(CC2CC(F)CN2C(=O)CCC2CCCC2)nn1)N1CCCC1. The Labute approximate surface area is 165 Å². The third-order valence-corrected chi connectivity index (χ3v) is 6.47. The van der Waals surface area contributed by atoms with Crippen LogP contribution in [0.3, 0.4) is 0 Å². The molecule has 3 heterocycles. The van der Waals surface area contributed by atoms with Gasteiger partial charge in [-0.15, -0.1) is 5.10 Å². The number of amides is 2. The highest BCUT2D eigenvalue weighted by Gasteiger charge is 2.36. The van der Waals surface area contributed by atoms with E-state index in [-0.39, 0.29) is 24.4 Å². The molecule has 3 fully saturated rings. The van der Waals surface area contributed by atoms with Gasteiger partial charge in [-0.2, -0.15) is 0 Å². The van der Waals surface area contributed by atoms with Crippen molar-refractivity contribution in [1.29, 1.82) is 0 Å². The molecule has 154 valence electrons. The highest BCUT2D eigenvalue weighted by atomic mass is 19.1. The molecule has 1 aromatic heterocycles. The van der Waals surface area contributed by atoms with Crippen molar-refractivity contribution < 1.29 is 14.0 Å². The minimum atomic E-state index is -0.991. The van der Waals surface area contributed by atoms with Gasteiger partial charge in [0.2, 0.25) is 5.91 Å². The second kappa shape index (κ2) is 8.57. The molecule has 2 saturated heterocycles. The standard InChI is InChI=1S/C20H30FN5O2/c21-16-11-17(26(12-16)19(27)8-7-15-5-1-2-6-15)13-25-14-18(22-23-25)20(28)24-9-3-4-10-24/h14-17H,1-13H2. The van der Waals surface area contributed by atoms with E-state index in [1.807, 2.05) is 0 Å². The molecular formula is C20H30FN5O2. The lowest BCUT2D eigenvalue weighted by Gasteiger charge is -2.24. The summed E-state index contributed by atoms with van der Waals surface area (Å²) in [7, 11) is 0. The van der Waals surface area contributed by atoms with Crippen LogP contribution in [-0.4, -0.2) is 68.5 Å². The summed E-state index contributed by atoms with van der Waals surface area (Å²) in [6.07, 6.45) is 9.40. The molecule has 8 heteroatoms. The monoisotopic (exact) mass is 391 g/mol. The Kier molecular flexibility index (Phi) is 5.92. The van der Waals surface area contributed by atoms with Crippen molar-refractivity contribution in [2.45, 2.75) is 76.5 Å². The number of likely N-dealkylation sites (tertiary alicyclic amines) is 2. The van der Waals surface area contributed by atoms with Gasteiger partial charge in [-0.25, -0.2) is 9.07 Å². The third-order valence-electron chi connectivity index (χ3n) is 6.47. The van der Waals surface area contributed by atoms with Gasteiger partial charge in [-0.1, -0.05) is 30.9 Å². The Morgan fingerprint density at radius 1 is 1.14 bits per heavy atom. The average molecular weight is 391 g/mol. The zero-order valence-corrected chi connectivity index (χ0v) is 16.4. The zero-order valence-electron chi connectivity index (χ0n) is 16.4. The fraction of sp³-hybridized carbons (Fsp3) is 0.800. The van der Waals surface area contributed by atoms with Crippen LogP contribution < -0.4 is 0 Å². The van der Waals surface area contributed by atoms with Crippen LogP contribution in [0.15, 0.2) is 6.20 Å². The fourth-order valence-corrected chi connectivity index (χ4v) is 4.89. The van der Waals surface area contributed by atoms with Gasteiger partial charge in [0.15, 0.2) is 5.69 Å². The van der Waals surface area contributed by atoms with E-state index in [1.165, 1.54) is 25.7 Å². The number of hydrogen-bond acceptors (Lipinski definition) is 4. The Balaban J connectivity index is 1.34. The second-order valence-electron chi connectivity index (χ2n) is 8.55. The molecule has 7 nitrogen and oxygen atoms in total. The highest BCUT2D eigenvalue weighted by molar-refractivity contribution is 5.92. The topological polar surface area (TPSA) is 71.3 Å². The number of hydrogen-bond donors (Lipinski definition) is 0. The normalized spacial score (nSPS) is 25.8. The summed E-state index contributed by atoms with van der Waals surface area (Å²) >= 11 is 0. The first-order valence-corrected chi connectivity index (χ1v) is 10.7. The molecule has 2 unspecified atom stereocenters. The van der Waals surface area contributed by atoms with E-state index in [0.717, 1.165) is 32.4 Å². The molecule has 1 aromatic rings. The van der Waals surface area contributed by atoms with E-state index < -0.39 is 6.17 Å². The van der Waals surface area contributed by atoms with Crippen LogP contribution in [0.4, 0.5) is 4.39 Å². The predicted molar refractivity (Wildman–Crippen MR) is 101 cm³/mol. The van der Waals surface area contributed by atoms with Crippen molar-refractivity contribution in [3.05, 3.63) is 11.9 Å². The van der Waals surface area contributed by atoms with Crippen LogP contribution in [0, 0.1) is 5.92 Å². The Hall–Kier alpha value is -1.99. The van der Waals surface area contributed by atoms with E-state index in [2.05, 4.69) is 10.3 Å². The van der Waals surface area contributed by atoms with Gasteiger partial charge in [0, 0.05) is 25.9 Å². The number of nitrogens with zero attached hydrogens (tertiary/aromatic N) is 5. The van der Waals surface area contributed by atoms with Crippen LogP contribution in [0.25, 0.3) is 0 Å². The molecule has 0 aromatic carbocycles. The number of alkyl halides is 1. The van der Waals surface area contributed by atoms with Gasteiger partial charge in [0.25, 0.3) is 5.91 Å². The first-order valence-electron chi connectivity index (χ1n) is 10.7. The van der Waals surface area contributed by atoms with Gasteiger partial charge in [-0.3, -0.25) is 9.59 Å². The average Bonchev–Trinajstić information content (AvgIpc) is 3.46. The van der Waals surface area contributed by atoms with Gasteiger partial charge in [0.1, 0.15) is 6.17 Å². The van der Waals surface area contributed by atoms with Crippen LogP contribution in [0.2, 0.25) is 0 Å². The Bertz CT molecular complexity index is 697. The maximum Gasteiger partial charge on any atom is 0.276 e. The first-order chi connectivity index (χ1) is 13.6. The number of carbonyl (C=O) groups excluding carboxylic acids is 2. The molecule has 0 N–H and O–H groups in total. The molecule has 1 aliphatic carbocycles. The molecular weight excluding hydrogens is 361 g/mol. The molecule has 2 amide bonds. The minimum absolute atomic E-state index is 0.0468. The molecule has 4 rings (SSSR count). The molecule has 0 radical (unpaired) electrons. The quantitative estimate of drug-likeness (QED) is 0.747. The molecule has 0 spiro atoms. The molecule has 2 atom stereocenters. The Morgan fingerprint density at radius 2 is 1.89 bits per heavy atom. The third kappa shape index (κ3) is 4.36. The summed E-state index contributed by atoms with van der Waals surface area (Å²) in [6.45, 7) is 2.08. The molecule has 28 heavy (non-hydrogen) atoms. The van der Waals surface area contributed by atoms with Crippen molar-refractivity contribution in [3.8, 4) is 0 Å². The summed E-state index contributed by atoms with van der Waals surface area (Å²) < 4.78 is 15.7. The van der Waals surface area contributed by atoms with Gasteiger partial charge < -0.3 is 9.80 Å². The number of halogens is 1. The lowest BCUT2D eigenvalue weighted by Crippen LogP contribution is -2.38. The van der Waals surface area contributed by atoms with Crippen LogP contribution in [0.5, 0.6) is 0 Å². The van der Waals surface area contributed by atoms with E-state index in [1.54, 1.807) is 20.7 Å². The molecule has 3 aliphatic rings. The van der Waals surface area contributed by atoms with Gasteiger partial charge in [-0.05, 0) is 25.2 Å².